The van der Waals surface area contributed by atoms with Gasteiger partial charge in [0.15, 0.2) is 0 Å². The highest BCUT2D eigenvalue weighted by Gasteiger charge is 2.37. The van der Waals surface area contributed by atoms with E-state index in [9.17, 15) is 15.0 Å². The van der Waals surface area contributed by atoms with Crippen LogP contribution in [0.4, 0.5) is 0 Å². The lowest BCUT2D eigenvalue weighted by atomic mass is 9.98. The standard InChI is InChI=1S/C30H34N2O3/c31-26(20-23-12-5-2-6-13-23)27(33)17-18-29(35)32(19-9-14-22-10-3-1-4-11-22)30-25-16-8-7-15-24(25)21-28(30)34/h1-16,26-28,30,33-34H,17-21,31H2/t26-,27-,28+,30-/m0/s1. The van der Waals surface area contributed by atoms with Crippen molar-refractivity contribution in [2.45, 2.75) is 50.0 Å². The summed E-state index contributed by atoms with van der Waals surface area (Å²) in [4.78, 5) is 15.2. The lowest BCUT2D eigenvalue weighted by Crippen LogP contribution is -2.41. The molecule has 0 radical (unpaired) electrons. The summed E-state index contributed by atoms with van der Waals surface area (Å²) in [6.07, 6.45) is 4.00. The van der Waals surface area contributed by atoms with Crippen molar-refractivity contribution >= 4 is 12.0 Å². The molecule has 4 rings (SSSR count). The van der Waals surface area contributed by atoms with Crippen LogP contribution in [0, 0.1) is 0 Å². The molecule has 0 unspecified atom stereocenters. The van der Waals surface area contributed by atoms with Crippen LogP contribution in [0.15, 0.2) is 91.0 Å². The molecule has 1 amide bonds. The molecule has 0 spiro atoms. The van der Waals surface area contributed by atoms with Gasteiger partial charge in [-0.15, -0.1) is 0 Å². The smallest absolute Gasteiger partial charge is 0.223 e. The highest BCUT2D eigenvalue weighted by molar-refractivity contribution is 5.77. The van der Waals surface area contributed by atoms with Gasteiger partial charge in [0.05, 0.1) is 18.2 Å². The first-order chi connectivity index (χ1) is 17.0. The third-order valence-electron chi connectivity index (χ3n) is 6.70. The molecule has 3 aromatic carbocycles. The summed E-state index contributed by atoms with van der Waals surface area (Å²) >= 11 is 0. The molecular formula is C30H34N2O3. The van der Waals surface area contributed by atoms with E-state index in [1.54, 1.807) is 4.90 Å². The van der Waals surface area contributed by atoms with Crippen molar-refractivity contribution < 1.29 is 15.0 Å². The fourth-order valence-electron chi connectivity index (χ4n) is 4.82. The Labute approximate surface area is 207 Å². The summed E-state index contributed by atoms with van der Waals surface area (Å²) in [6.45, 7) is 0.371. The number of amides is 1. The second-order valence-electron chi connectivity index (χ2n) is 9.23. The molecule has 0 aliphatic heterocycles. The van der Waals surface area contributed by atoms with Crippen LogP contribution in [-0.2, 0) is 17.6 Å². The molecule has 0 aromatic heterocycles. The first-order valence-electron chi connectivity index (χ1n) is 12.3. The maximum Gasteiger partial charge on any atom is 0.223 e. The summed E-state index contributed by atoms with van der Waals surface area (Å²) < 4.78 is 0. The molecule has 0 heterocycles. The number of carbonyl (C=O) groups excluding carboxylic acids is 1. The van der Waals surface area contributed by atoms with Gasteiger partial charge in [0.2, 0.25) is 5.91 Å². The number of rotatable bonds is 10. The number of fused-ring (bicyclic) bond motifs is 1. The molecule has 5 nitrogen and oxygen atoms in total. The zero-order valence-corrected chi connectivity index (χ0v) is 19.9. The second-order valence-corrected chi connectivity index (χ2v) is 9.23. The van der Waals surface area contributed by atoms with E-state index in [0.717, 1.165) is 22.3 Å². The van der Waals surface area contributed by atoms with Gasteiger partial charge in [-0.25, -0.2) is 0 Å². The van der Waals surface area contributed by atoms with Crippen LogP contribution < -0.4 is 5.73 Å². The Morgan fingerprint density at radius 2 is 1.66 bits per heavy atom. The van der Waals surface area contributed by atoms with Crippen LogP contribution in [-0.4, -0.2) is 45.8 Å². The van der Waals surface area contributed by atoms with Crippen LogP contribution in [0.25, 0.3) is 6.08 Å². The molecule has 35 heavy (non-hydrogen) atoms. The SMILES string of the molecule is N[C@@H](Cc1ccccc1)[C@@H](O)CCC(=O)N(CC=Cc1ccccc1)[C@H]1c2ccccc2C[C@H]1O. The third kappa shape index (κ3) is 6.45. The van der Waals surface area contributed by atoms with Crippen LogP contribution in [0.1, 0.15) is 41.1 Å². The number of nitrogens with zero attached hydrogens (tertiary/aromatic N) is 1. The van der Waals surface area contributed by atoms with E-state index < -0.39 is 24.3 Å². The molecule has 0 bridgehead atoms. The number of benzene rings is 3. The average molecular weight is 471 g/mol. The fraction of sp³-hybridized carbons (Fsp3) is 0.300. The van der Waals surface area contributed by atoms with Crippen LogP contribution in [0.3, 0.4) is 0 Å². The van der Waals surface area contributed by atoms with Gasteiger partial charge < -0.3 is 20.8 Å². The molecule has 0 fully saturated rings. The maximum absolute atomic E-state index is 13.4. The number of nitrogens with two attached hydrogens (primary N) is 1. The Balaban J connectivity index is 1.45. The third-order valence-corrected chi connectivity index (χ3v) is 6.70. The number of aliphatic hydroxyl groups is 2. The minimum Gasteiger partial charge on any atom is -0.391 e. The maximum atomic E-state index is 13.4. The van der Waals surface area contributed by atoms with Gasteiger partial charge in [-0.2, -0.15) is 0 Å². The number of hydrogen-bond acceptors (Lipinski definition) is 4. The van der Waals surface area contributed by atoms with Gasteiger partial charge in [-0.3, -0.25) is 4.79 Å². The largest absolute Gasteiger partial charge is 0.391 e. The minimum atomic E-state index is -0.790. The fourth-order valence-corrected chi connectivity index (χ4v) is 4.82. The summed E-state index contributed by atoms with van der Waals surface area (Å²) in [7, 11) is 0. The number of aliphatic hydroxyl groups excluding tert-OH is 2. The van der Waals surface area contributed by atoms with Crippen molar-refractivity contribution in [3.05, 3.63) is 113 Å². The normalized spacial score (nSPS) is 18.8. The Hall–Kier alpha value is -3.25. The van der Waals surface area contributed by atoms with Crippen LogP contribution in [0.5, 0.6) is 0 Å². The molecular weight excluding hydrogens is 436 g/mol. The Kier molecular flexibility index (Phi) is 8.48. The van der Waals surface area contributed by atoms with E-state index in [1.165, 1.54) is 0 Å². The van der Waals surface area contributed by atoms with Crippen molar-refractivity contribution in [3.8, 4) is 0 Å². The Bertz CT molecular complexity index is 1120. The van der Waals surface area contributed by atoms with E-state index in [0.29, 0.717) is 19.4 Å². The monoisotopic (exact) mass is 470 g/mol. The Morgan fingerprint density at radius 1 is 1.00 bits per heavy atom. The Morgan fingerprint density at radius 3 is 2.40 bits per heavy atom. The van der Waals surface area contributed by atoms with Gasteiger partial charge >= 0.3 is 0 Å². The molecule has 1 aliphatic carbocycles. The second kappa shape index (κ2) is 11.9. The highest BCUT2D eigenvalue weighted by Crippen LogP contribution is 2.36. The molecule has 4 atom stereocenters. The van der Waals surface area contributed by atoms with E-state index in [1.807, 2.05) is 97.1 Å². The van der Waals surface area contributed by atoms with E-state index >= 15 is 0 Å². The lowest BCUT2D eigenvalue weighted by Gasteiger charge is -2.32. The molecule has 0 saturated heterocycles. The predicted octanol–water partition coefficient (Wildman–Crippen LogP) is 3.90. The minimum absolute atomic E-state index is 0.102. The van der Waals surface area contributed by atoms with Crippen molar-refractivity contribution in [1.29, 1.82) is 0 Å². The zero-order chi connectivity index (χ0) is 24.6. The van der Waals surface area contributed by atoms with Gasteiger partial charge in [-0.05, 0) is 35.1 Å². The van der Waals surface area contributed by atoms with E-state index in [2.05, 4.69) is 0 Å². The van der Waals surface area contributed by atoms with Crippen molar-refractivity contribution in [3.63, 3.8) is 0 Å². The lowest BCUT2D eigenvalue weighted by molar-refractivity contribution is -0.136. The topological polar surface area (TPSA) is 86.8 Å². The van der Waals surface area contributed by atoms with E-state index in [-0.39, 0.29) is 18.7 Å². The highest BCUT2D eigenvalue weighted by atomic mass is 16.3. The predicted molar refractivity (Wildman–Crippen MR) is 139 cm³/mol. The molecule has 3 aromatic rings. The summed E-state index contributed by atoms with van der Waals surface area (Å²) in [5.74, 6) is -0.102. The van der Waals surface area contributed by atoms with Gasteiger partial charge in [0.1, 0.15) is 0 Å². The first kappa shape index (κ1) is 24.9. The van der Waals surface area contributed by atoms with E-state index in [4.69, 9.17) is 5.73 Å². The molecule has 0 saturated carbocycles. The summed E-state index contributed by atoms with van der Waals surface area (Å²) in [5, 5.41) is 21.5. The summed E-state index contributed by atoms with van der Waals surface area (Å²) in [5.41, 5.74) is 10.4. The summed E-state index contributed by atoms with van der Waals surface area (Å²) in [6, 6.07) is 26.8. The van der Waals surface area contributed by atoms with Crippen LogP contribution >= 0.6 is 0 Å². The van der Waals surface area contributed by atoms with Crippen molar-refractivity contribution in [2.75, 3.05) is 6.54 Å². The van der Waals surface area contributed by atoms with Crippen LogP contribution in [0.2, 0.25) is 0 Å². The van der Waals surface area contributed by atoms with Crippen molar-refractivity contribution in [1.82, 2.24) is 4.90 Å². The van der Waals surface area contributed by atoms with Gasteiger partial charge in [-0.1, -0.05) is 97.1 Å². The van der Waals surface area contributed by atoms with Crippen molar-refractivity contribution in [2.24, 2.45) is 5.73 Å². The number of carbonyl (C=O) groups is 1. The zero-order valence-electron chi connectivity index (χ0n) is 19.9. The number of hydrogen-bond donors (Lipinski definition) is 3. The molecule has 182 valence electrons. The first-order valence-corrected chi connectivity index (χ1v) is 12.3. The average Bonchev–Trinajstić information content (AvgIpc) is 3.21. The van der Waals surface area contributed by atoms with Gasteiger partial charge in [0, 0.05) is 25.4 Å². The van der Waals surface area contributed by atoms with Gasteiger partial charge in [0.25, 0.3) is 0 Å². The molecule has 5 heteroatoms. The molecule has 4 N–H and O–H groups in total. The quantitative estimate of drug-likeness (QED) is 0.420. The molecule has 1 aliphatic rings.